The Morgan fingerprint density at radius 1 is 1.47 bits per heavy atom. The largest absolute Gasteiger partial charge is 0.469 e. The van der Waals surface area contributed by atoms with Crippen molar-refractivity contribution in [2.24, 2.45) is 0 Å². The molecule has 0 radical (unpaired) electrons. The van der Waals surface area contributed by atoms with E-state index in [-0.39, 0.29) is 0 Å². The highest BCUT2D eigenvalue weighted by Crippen LogP contribution is 2.31. The maximum atomic E-state index is 5.50. The summed E-state index contributed by atoms with van der Waals surface area (Å²) in [5.41, 5.74) is 1.40. The van der Waals surface area contributed by atoms with Crippen molar-refractivity contribution < 1.29 is 4.42 Å². The molecular weight excluding hydrogens is 186 g/mol. The molecule has 15 heavy (non-hydrogen) atoms. The van der Waals surface area contributed by atoms with Gasteiger partial charge in [-0.25, -0.2) is 0 Å². The average molecular weight is 207 g/mol. The second-order valence-corrected chi connectivity index (χ2v) is 4.42. The van der Waals surface area contributed by atoms with E-state index < -0.39 is 0 Å². The number of fused-ring (bicyclic) bond motifs is 1. The Morgan fingerprint density at radius 2 is 2.27 bits per heavy atom. The van der Waals surface area contributed by atoms with Crippen LogP contribution in [-0.2, 0) is 6.42 Å². The summed E-state index contributed by atoms with van der Waals surface area (Å²) < 4.78 is 5.50. The summed E-state index contributed by atoms with van der Waals surface area (Å²) in [5, 5.41) is 3.74. The molecule has 1 aromatic heterocycles. The third kappa shape index (κ3) is 2.25. The zero-order chi connectivity index (χ0) is 10.7. The molecule has 1 heterocycles. The highest BCUT2D eigenvalue weighted by molar-refractivity contribution is 5.24. The first kappa shape index (κ1) is 10.7. The molecule has 0 aromatic carbocycles. The lowest BCUT2D eigenvalue weighted by Gasteiger charge is -2.27. The van der Waals surface area contributed by atoms with Crippen LogP contribution in [0.25, 0.3) is 0 Å². The van der Waals surface area contributed by atoms with E-state index in [1.54, 1.807) is 0 Å². The van der Waals surface area contributed by atoms with Crippen LogP contribution in [0.3, 0.4) is 0 Å². The average Bonchev–Trinajstić information content (AvgIpc) is 2.74. The fourth-order valence-corrected chi connectivity index (χ4v) is 2.47. The van der Waals surface area contributed by atoms with E-state index in [0.29, 0.717) is 12.1 Å². The number of furan rings is 1. The van der Waals surface area contributed by atoms with Gasteiger partial charge in [0.05, 0.1) is 6.26 Å². The SMILES string of the molecule is CCC(CC)N[C@@H]1CCCc2occc21. The molecular formula is C13H21NO. The third-order valence-electron chi connectivity index (χ3n) is 3.47. The zero-order valence-electron chi connectivity index (χ0n) is 9.75. The van der Waals surface area contributed by atoms with Crippen LogP contribution in [0.1, 0.15) is 56.9 Å². The molecule has 0 saturated heterocycles. The molecule has 2 rings (SSSR count). The minimum Gasteiger partial charge on any atom is -0.469 e. The normalized spacial score (nSPS) is 20.6. The van der Waals surface area contributed by atoms with Gasteiger partial charge < -0.3 is 9.73 Å². The molecule has 0 saturated carbocycles. The van der Waals surface area contributed by atoms with Crippen LogP contribution in [0.15, 0.2) is 16.7 Å². The van der Waals surface area contributed by atoms with E-state index in [1.165, 1.54) is 37.0 Å². The van der Waals surface area contributed by atoms with Crippen LogP contribution < -0.4 is 5.32 Å². The van der Waals surface area contributed by atoms with Crippen molar-refractivity contribution in [1.82, 2.24) is 5.32 Å². The monoisotopic (exact) mass is 207 g/mol. The van der Waals surface area contributed by atoms with Gasteiger partial charge in [-0.3, -0.25) is 0 Å². The molecule has 0 fully saturated rings. The van der Waals surface area contributed by atoms with Gasteiger partial charge >= 0.3 is 0 Å². The minimum absolute atomic E-state index is 0.525. The molecule has 1 aromatic rings. The van der Waals surface area contributed by atoms with Gasteiger partial charge in [-0.1, -0.05) is 13.8 Å². The summed E-state index contributed by atoms with van der Waals surface area (Å²) in [5.74, 6) is 1.20. The molecule has 0 unspecified atom stereocenters. The first-order valence-corrected chi connectivity index (χ1v) is 6.17. The molecule has 0 spiro atoms. The van der Waals surface area contributed by atoms with E-state index in [2.05, 4.69) is 25.2 Å². The summed E-state index contributed by atoms with van der Waals surface area (Å²) in [7, 11) is 0. The van der Waals surface area contributed by atoms with Crippen molar-refractivity contribution in [2.45, 2.75) is 58.0 Å². The molecule has 1 aliphatic carbocycles. The fraction of sp³-hybridized carbons (Fsp3) is 0.692. The Kier molecular flexibility index (Phi) is 3.47. The first-order chi connectivity index (χ1) is 7.35. The van der Waals surface area contributed by atoms with Crippen LogP contribution in [0, 0.1) is 0 Å². The smallest absolute Gasteiger partial charge is 0.108 e. The fourth-order valence-electron chi connectivity index (χ4n) is 2.47. The molecule has 0 aliphatic heterocycles. The summed E-state index contributed by atoms with van der Waals surface area (Å²) in [6.07, 6.45) is 7.86. The number of hydrogen-bond donors (Lipinski definition) is 1. The second-order valence-electron chi connectivity index (χ2n) is 4.42. The first-order valence-electron chi connectivity index (χ1n) is 6.17. The molecule has 1 N–H and O–H groups in total. The Morgan fingerprint density at radius 3 is 3.00 bits per heavy atom. The lowest BCUT2D eigenvalue weighted by Crippen LogP contribution is -2.33. The van der Waals surface area contributed by atoms with Gasteiger partial charge in [-0.2, -0.15) is 0 Å². The minimum atomic E-state index is 0.525. The van der Waals surface area contributed by atoms with E-state index in [0.717, 1.165) is 6.42 Å². The maximum absolute atomic E-state index is 5.50. The molecule has 1 atom stereocenters. The highest BCUT2D eigenvalue weighted by Gasteiger charge is 2.23. The molecule has 2 nitrogen and oxygen atoms in total. The summed E-state index contributed by atoms with van der Waals surface area (Å²) in [4.78, 5) is 0. The lowest BCUT2D eigenvalue weighted by molar-refractivity contribution is 0.361. The zero-order valence-corrected chi connectivity index (χ0v) is 9.75. The highest BCUT2D eigenvalue weighted by atomic mass is 16.3. The van der Waals surface area contributed by atoms with Gasteiger partial charge in [0.25, 0.3) is 0 Å². The molecule has 0 bridgehead atoms. The summed E-state index contributed by atoms with van der Waals surface area (Å²) >= 11 is 0. The van der Waals surface area contributed by atoms with Crippen molar-refractivity contribution in [1.29, 1.82) is 0 Å². The van der Waals surface area contributed by atoms with Crippen LogP contribution in [0.2, 0.25) is 0 Å². The molecule has 0 amide bonds. The Hall–Kier alpha value is -0.760. The van der Waals surface area contributed by atoms with Crippen LogP contribution >= 0.6 is 0 Å². The van der Waals surface area contributed by atoms with Gasteiger partial charge in [0, 0.05) is 24.1 Å². The predicted molar refractivity (Wildman–Crippen MR) is 61.9 cm³/mol. The van der Waals surface area contributed by atoms with Gasteiger partial charge in [-0.05, 0) is 31.7 Å². The number of rotatable bonds is 4. The van der Waals surface area contributed by atoms with E-state index in [1.807, 2.05) is 6.26 Å². The van der Waals surface area contributed by atoms with Gasteiger partial charge in [0.15, 0.2) is 0 Å². The van der Waals surface area contributed by atoms with Gasteiger partial charge in [0.2, 0.25) is 0 Å². The van der Waals surface area contributed by atoms with Crippen LogP contribution in [0.5, 0.6) is 0 Å². The topological polar surface area (TPSA) is 25.2 Å². The Bertz CT molecular complexity index is 301. The van der Waals surface area contributed by atoms with Crippen LogP contribution in [-0.4, -0.2) is 6.04 Å². The van der Waals surface area contributed by atoms with Crippen molar-refractivity contribution in [3.8, 4) is 0 Å². The number of hydrogen-bond acceptors (Lipinski definition) is 2. The van der Waals surface area contributed by atoms with E-state index >= 15 is 0 Å². The third-order valence-corrected chi connectivity index (χ3v) is 3.47. The van der Waals surface area contributed by atoms with Crippen molar-refractivity contribution in [2.75, 3.05) is 0 Å². The van der Waals surface area contributed by atoms with Crippen molar-refractivity contribution >= 4 is 0 Å². The maximum Gasteiger partial charge on any atom is 0.108 e. The molecule has 84 valence electrons. The van der Waals surface area contributed by atoms with Gasteiger partial charge in [-0.15, -0.1) is 0 Å². The van der Waals surface area contributed by atoms with E-state index in [9.17, 15) is 0 Å². The summed E-state index contributed by atoms with van der Waals surface area (Å²) in [6, 6.07) is 3.31. The van der Waals surface area contributed by atoms with Gasteiger partial charge in [0.1, 0.15) is 5.76 Å². The Labute approximate surface area is 92.1 Å². The quantitative estimate of drug-likeness (QED) is 0.818. The van der Waals surface area contributed by atoms with E-state index in [4.69, 9.17) is 4.42 Å². The van der Waals surface area contributed by atoms with Crippen molar-refractivity contribution in [3.63, 3.8) is 0 Å². The second kappa shape index (κ2) is 4.84. The number of aryl methyl sites for hydroxylation is 1. The van der Waals surface area contributed by atoms with Crippen molar-refractivity contribution in [3.05, 3.63) is 23.7 Å². The molecule has 1 aliphatic rings. The predicted octanol–water partition coefficient (Wildman–Crippen LogP) is 3.44. The Balaban J connectivity index is 2.06. The standard InChI is InChI=1S/C13H21NO/c1-3-10(4-2)14-12-6-5-7-13-11(12)8-9-15-13/h8-10,12,14H,3-7H2,1-2H3/t12-/m1/s1. The summed E-state index contributed by atoms with van der Waals surface area (Å²) in [6.45, 7) is 4.50. The van der Waals surface area contributed by atoms with Crippen LogP contribution in [0.4, 0.5) is 0 Å². The number of nitrogens with one attached hydrogen (secondary N) is 1. The molecule has 2 heteroatoms. The lowest BCUT2D eigenvalue weighted by atomic mass is 9.92.